The third-order valence-electron chi connectivity index (χ3n) is 5.02. The molecule has 1 aliphatic heterocycles. The van der Waals surface area contributed by atoms with E-state index in [1.165, 1.54) is 38.5 Å². The highest BCUT2D eigenvalue weighted by Crippen LogP contribution is 2.39. The van der Waals surface area contributed by atoms with Gasteiger partial charge in [-0.2, -0.15) is 0 Å². The highest BCUT2D eigenvalue weighted by atomic mass is 16.5. The van der Waals surface area contributed by atoms with Gasteiger partial charge in [0.05, 0.1) is 6.10 Å². The molecular weight excluding hydrogens is 198 g/mol. The number of hydrogen-bond donors (Lipinski definition) is 1. The molecular formula is C14H27NO. The average molecular weight is 225 g/mol. The molecule has 1 saturated carbocycles. The zero-order valence-electron chi connectivity index (χ0n) is 10.9. The first-order valence-corrected chi connectivity index (χ1v) is 7.02. The highest BCUT2D eigenvalue weighted by Gasteiger charge is 2.38. The molecule has 0 spiro atoms. The smallest absolute Gasteiger partial charge is 0.0576 e. The van der Waals surface area contributed by atoms with E-state index in [-0.39, 0.29) is 5.54 Å². The molecule has 2 fully saturated rings. The molecule has 2 heteroatoms. The van der Waals surface area contributed by atoms with Gasteiger partial charge in [0.1, 0.15) is 0 Å². The third-order valence-corrected chi connectivity index (χ3v) is 5.02. The summed E-state index contributed by atoms with van der Waals surface area (Å²) >= 11 is 0. The summed E-state index contributed by atoms with van der Waals surface area (Å²) in [4.78, 5) is 0. The second kappa shape index (κ2) is 5.05. The molecule has 4 unspecified atom stereocenters. The molecule has 1 aliphatic carbocycles. The Morgan fingerprint density at radius 1 is 1.25 bits per heavy atom. The lowest BCUT2D eigenvalue weighted by molar-refractivity contribution is 0.0746. The van der Waals surface area contributed by atoms with Crippen LogP contribution in [0.3, 0.4) is 0 Å². The Morgan fingerprint density at radius 2 is 2.06 bits per heavy atom. The Morgan fingerprint density at radius 3 is 2.75 bits per heavy atom. The van der Waals surface area contributed by atoms with Gasteiger partial charge in [-0.25, -0.2) is 0 Å². The van der Waals surface area contributed by atoms with Crippen LogP contribution in [-0.2, 0) is 4.74 Å². The van der Waals surface area contributed by atoms with E-state index in [1.807, 2.05) is 0 Å². The van der Waals surface area contributed by atoms with Crippen LogP contribution in [0.25, 0.3) is 0 Å². The summed E-state index contributed by atoms with van der Waals surface area (Å²) in [6.45, 7) is 5.67. The van der Waals surface area contributed by atoms with Crippen molar-refractivity contribution in [3.05, 3.63) is 0 Å². The van der Waals surface area contributed by atoms with E-state index in [4.69, 9.17) is 10.5 Å². The topological polar surface area (TPSA) is 35.2 Å². The molecule has 0 aromatic rings. The fourth-order valence-electron chi connectivity index (χ4n) is 3.45. The minimum atomic E-state index is 0.0869. The molecule has 1 heterocycles. The van der Waals surface area contributed by atoms with Crippen LogP contribution < -0.4 is 5.73 Å². The van der Waals surface area contributed by atoms with E-state index in [0.717, 1.165) is 18.9 Å². The number of nitrogens with two attached hydrogens (primary N) is 1. The Bertz CT molecular complexity index is 225. The summed E-state index contributed by atoms with van der Waals surface area (Å²) in [5, 5.41) is 0. The number of hydrogen-bond acceptors (Lipinski definition) is 2. The molecule has 0 radical (unpaired) electrons. The second-order valence-corrected chi connectivity index (χ2v) is 6.07. The van der Waals surface area contributed by atoms with Crippen LogP contribution in [0.2, 0.25) is 0 Å². The number of rotatable bonds is 3. The van der Waals surface area contributed by atoms with Crippen molar-refractivity contribution in [1.29, 1.82) is 0 Å². The molecule has 94 valence electrons. The quantitative estimate of drug-likeness (QED) is 0.801. The van der Waals surface area contributed by atoms with Crippen molar-refractivity contribution in [1.82, 2.24) is 0 Å². The summed E-state index contributed by atoms with van der Waals surface area (Å²) < 4.78 is 5.70. The van der Waals surface area contributed by atoms with Crippen molar-refractivity contribution in [2.75, 3.05) is 6.61 Å². The van der Waals surface area contributed by atoms with Crippen molar-refractivity contribution in [3.8, 4) is 0 Å². The summed E-state index contributed by atoms with van der Waals surface area (Å²) in [5.74, 6) is 1.46. The highest BCUT2D eigenvalue weighted by molar-refractivity contribution is 4.95. The van der Waals surface area contributed by atoms with E-state index in [0.29, 0.717) is 12.0 Å². The van der Waals surface area contributed by atoms with E-state index >= 15 is 0 Å². The second-order valence-electron chi connectivity index (χ2n) is 6.07. The SMILES string of the molecule is CC1CCCC(N)(CCC2CCCO2)C1C. The van der Waals surface area contributed by atoms with Crippen molar-refractivity contribution in [2.45, 2.75) is 70.4 Å². The maximum atomic E-state index is 6.62. The molecule has 2 N–H and O–H groups in total. The molecule has 0 amide bonds. The van der Waals surface area contributed by atoms with Crippen LogP contribution in [0.15, 0.2) is 0 Å². The Hall–Kier alpha value is -0.0800. The summed E-state index contributed by atoms with van der Waals surface area (Å²) in [6, 6.07) is 0. The van der Waals surface area contributed by atoms with Gasteiger partial charge in [-0.1, -0.05) is 26.7 Å². The predicted molar refractivity (Wildman–Crippen MR) is 67.3 cm³/mol. The average Bonchev–Trinajstić information content (AvgIpc) is 2.76. The first-order valence-electron chi connectivity index (χ1n) is 7.02. The van der Waals surface area contributed by atoms with Gasteiger partial charge in [0.2, 0.25) is 0 Å². The van der Waals surface area contributed by atoms with Gasteiger partial charge < -0.3 is 10.5 Å². The molecule has 0 bridgehead atoms. The predicted octanol–water partition coefficient (Wildman–Crippen LogP) is 3.10. The van der Waals surface area contributed by atoms with Crippen molar-refractivity contribution < 1.29 is 4.74 Å². The van der Waals surface area contributed by atoms with Crippen LogP contribution in [0.5, 0.6) is 0 Å². The van der Waals surface area contributed by atoms with Gasteiger partial charge in [0, 0.05) is 12.1 Å². The Kier molecular flexibility index (Phi) is 3.91. The normalized spacial score (nSPS) is 44.8. The lowest BCUT2D eigenvalue weighted by Crippen LogP contribution is -2.51. The Labute approximate surface area is 99.9 Å². The van der Waals surface area contributed by atoms with Gasteiger partial charge in [0.25, 0.3) is 0 Å². The minimum absolute atomic E-state index is 0.0869. The third kappa shape index (κ3) is 2.60. The zero-order chi connectivity index (χ0) is 11.6. The zero-order valence-corrected chi connectivity index (χ0v) is 10.9. The van der Waals surface area contributed by atoms with Crippen molar-refractivity contribution >= 4 is 0 Å². The summed E-state index contributed by atoms with van der Waals surface area (Å²) in [6.07, 6.45) is 9.22. The van der Waals surface area contributed by atoms with E-state index in [1.54, 1.807) is 0 Å². The van der Waals surface area contributed by atoms with Crippen LogP contribution in [-0.4, -0.2) is 18.2 Å². The fraction of sp³-hybridized carbons (Fsp3) is 1.00. The lowest BCUT2D eigenvalue weighted by atomic mass is 9.67. The molecule has 4 atom stereocenters. The molecule has 2 nitrogen and oxygen atoms in total. The molecule has 2 aliphatic rings. The van der Waals surface area contributed by atoms with Gasteiger partial charge in [-0.05, 0) is 43.9 Å². The van der Waals surface area contributed by atoms with Crippen molar-refractivity contribution in [3.63, 3.8) is 0 Å². The van der Waals surface area contributed by atoms with Gasteiger partial charge >= 0.3 is 0 Å². The van der Waals surface area contributed by atoms with E-state index in [2.05, 4.69) is 13.8 Å². The molecule has 2 rings (SSSR count). The van der Waals surface area contributed by atoms with Crippen LogP contribution in [0.4, 0.5) is 0 Å². The first kappa shape index (κ1) is 12.4. The largest absolute Gasteiger partial charge is 0.378 e. The van der Waals surface area contributed by atoms with Crippen LogP contribution in [0, 0.1) is 11.8 Å². The Balaban J connectivity index is 1.85. The minimum Gasteiger partial charge on any atom is -0.378 e. The summed E-state index contributed by atoms with van der Waals surface area (Å²) in [7, 11) is 0. The van der Waals surface area contributed by atoms with Gasteiger partial charge in [-0.15, -0.1) is 0 Å². The fourth-order valence-corrected chi connectivity index (χ4v) is 3.45. The summed E-state index contributed by atoms with van der Waals surface area (Å²) in [5.41, 5.74) is 6.70. The van der Waals surface area contributed by atoms with Gasteiger partial charge in [-0.3, -0.25) is 0 Å². The first-order chi connectivity index (χ1) is 7.62. The van der Waals surface area contributed by atoms with Crippen molar-refractivity contribution in [2.24, 2.45) is 17.6 Å². The van der Waals surface area contributed by atoms with Crippen LogP contribution >= 0.6 is 0 Å². The molecule has 16 heavy (non-hydrogen) atoms. The molecule has 0 aromatic heterocycles. The number of ether oxygens (including phenoxy) is 1. The van der Waals surface area contributed by atoms with E-state index in [9.17, 15) is 0 Å². The standard InChI is InChI=1S/C14H27NO/c1-11-5-3-8-14(15,12(11)2)9-7-13-6-4-10-16-13/h11-13H,3-10,15H2,1-2H3. The molecule has 0 aromatic carbocycles. The molecule has 1 saturated heterocycles. The maximum Gasteiger partial charge on any atom is 0.0576 e. The maximum absolute atomic E-state index is 6.62. The monoisotopic (exact) mass is 225 g/mol. The van der Waals surface area contributed by atoms with E-state index < -0.39 is 0 Å². The lowest BCUT2D eigenvalue weighted by Gasteiger charge is -2.43. The van der Waals surface area contributed by atoms with Crippen LogP contribution in [0.1, 0.15) is 58.8 Å². The van der Waals surface area contributed by atoms with Gasteiger partial charge in [0.15, 0.2) is 0 Å².